The predicted molar refractivity (Wildman–Crippen MR) is 71.6 cm³/mol. The molecule has 0 aromatic heterocycles. The summed E-state index contributed by atoms with van der Waals surface area (Å²) < 4.78 is 0. The summed E-state index contributed by atoms with van der Waals surface area (Å²) in [4.78, 5) is 11.6. The van der Waals surface area contributed by atoms with Crippen LogP contribution in [0.25, 0.3) is 0 Å². The molecule has 0 saturated heterocycles. The van der Waals surface area contributed by atoms with Crippen molar-refractivity contribution >= 4 is 5.91 Å². The maximum absolute atomic E-state index is 11.6. The lowest BCUT2D eigenvalue weighted by Crippen LogP contribution is -2.40. The first kappa shape index (κ1) is 14.5. The average Bonchev–Trinajstić information content (AvgIpc) is 2.25. The Morgan fingerprint density at radius 2 is 1.76 bits per heavy atom. The third-order valence-corrected chi connectivity index (χ3v) is 3.75. The highest BCUT2D eigenvalue weighted by Gasteiger charge is 2.21. The molecule has 1 aliphatic rings. The van der Waals surface area contributed by atoms with Crippen LogP contribution in [0.5, 0.6) is 0 Å². The zero-order valence-corrected chi connectivity index (χ0v) is 11.6. The molecule has 0 atom stereocenters. The summed E-state index contributed by atoms with van der Waals surface area (Å²) >= 11 is 0. The normalized spacial score (nSPS) is 25.6. The van der Waals surface area contributed by atoms with Crippen molar-refractivity contribution in [3.8, 4) is 0 Å². The molecule has 1 amide bonds. The van der Waals surface area contributed by atoms with Gasteiger partial charge in [0.05, 0.1) is 0 Å². The Morgan fingerprint density at radius 1 is 1.24 bits per heavy atom. The summed E-state index contributed by atoms with van der Waals surface area (Å²) in [6.45, 7) is 6.89. The maximum Gasteiger partial charge on any atom is 0.221 e. The van der Waals surface area contributed by atoms with Crippen LogP contribution < -0.4 is 11.1 Å². The van der Waals surface area contributed by atoms with Gasteiger partial charge in [0.1, 0.15) is 0 Å². The van der Waals surface area contributed by atoms with Crippen molar-refractivity contribution in [3.63, 3.8) is 0 Å². The summed E-state index contributed by atoms with van der Waals surface area (Å²) in [5, 5.41) is 3.02. The molecule has 1 saturated carbocycles. The molecule has 0 aromatic carbocycles. The fourth-order valence-corrected chi connectivity index (χ4v) is 2.58. The third kappa shape index (κ3) is 6.06. The Hall–Kier alpha value is -0.570. The van der Waals surface area contributed by atoms with Gasteiger partial charge >= 0.3 is 0 Å². The van der Waals surface area contributed by atoms with E-state index in [2.05, 4.69) is 12.2 Å². The lowest BCUT2D eigenvalue weighted by molar-refractivity contribution is -0.122. The minimum absolute atomic E-state index is 0.0927. The fraction of sp³-hybridized carbons (Fsp3) is 0.929. The van der Waals surface area contributed by atoms with Gasteiger partial charge in [0.25, 0.3) is 0 Å². The van der Waals surface area contributed by atoms with E-state index in [4.69, 9.17) is 5.73 Å². The average molecular weight is 240 g/mol. The number of nitrogens with two attached hydrogens (primary N) is 1. The molecule has 0 heterocycles. The molecule has 3 heteroatoms. The van der Waals surface area contributed by atoms with E-state index in [1.807, 2.05) is 13.8 Å². The van der Waals surface area contributed by atoms with Gasteiger partial charge in [-0.15, -0.1) is 0 Å². The van der Waals surface area contributed by atoms with Crippen LogP contribution in [0.4, 0.5) is 0 Å². The predicted octanol–water partition coefficient (Wildman–Crippen LogP) is 2.45. The maximum atomic E-state index is 11.6. The molecule has 17 heavy (non-hydrogen) atoms. The smallest absolute Gasteiger partial charge is 0.221 e. The van der Waals surface area contributed by atoms with E-state index < -0.39 is 5.54 Å². The summed E-state index contributed by atoms with van der Waals surface area (Å²) in [7, 11) is 0. The first-order valence-corrected chi connectivity index (χ1v) is 6.96. The minimum Gasteiger partial charge on any atom is -0.356 e. The van der Waals surface area contributed by atoms with E-state index in [0.717, 1.165) is 12.5 Å². The summed E-state index contributed by atoms with van der Waals surface area (Å²) in [5.41, 5.74) is 5.42. The molecule has 0 spiro atoms. The highest BCUT2D eigenvalue weighted by atomic mass is 16.1. The van der Waals surface area contributed by atoms with E-state index in [1.165, 1.54) is 32.1 Å². The molecule has 1 aliphatic carbocycles. The second-order valence-electron chi connectivity index (χ2n) is 6.26. The second-order valence-corrected chi connectivity index (χ2v) is 6.26. The molecule has 1 fully saturated rings. The van der Waals surface area contributed by atoms with Crippen LogP contribution in [0.2, 0.25) is 0 Å². The van der Waals surface area contributed by atoms with Gasteiger partial charge in [-0.05, 0) is 38.5 Å². The van der Waals surface area contributed by atoms with E-state index >= 15 is 0 Å². The van der Waals surface area contributed by atoms with Gasteiger partial charge in [0, 0.05) is 18.5 Å². The molecule has 0 bridgehead atoms. The Bertz CT molecular complexity index is 237. The van der Waals surface area contributed by atoms with Gasteiger partial charge in [-0.25, -0.2) is 0 Å². The fourth-order valence-electron chi connectivity index (χ4n) is 2.58. The molecular formula is C14H28N2O. The molecular weight excluding hydrogens is 212 g/mol. The minimum atomic E-state index is -0.399. The van der Waals surface area contributed by atoms with Gasteiger partial charge in [-0.2, -0.15) is 0 Å². The first-order chi connectivity index (χ1) is 7.90. The van der Waals surface area contributed by atoms with Crippen LogP contribution >= 0.6 is 0 Å². The standard InChI is InChI=1S/C14H28N2O/c1-4-11-5-7-12(8-6-11)10-16-13(17)9-14(2,3)15/h11-12H,4-10,15H2,1-3H3,(H,16,17). The number of carbonyl (C=O) groups excluding carboxylic acids is 1. The SMILES string of the molecule is CCC1CCC(CNC(=O)CC(C)(C)N)CC1. The van der Waals surface area contributed by atoms with Crippen molar-refractivity contribution in [3.05, 3.63) is 0 Å². The van der Waals surface area contributed by atoms with Gasteiger partial charge in [-0.3, -0.25) is 4.79 Å². The highest BCUT2D eigenvalue weighted by Crippen LogP contribution is 2.30. The zero-order valence-electron chi connectivity index (χ0n) is 11.6. The van der Waals surface area contributed by atoms with Crippen molar-refractivity contribution in [2.45, 2.75) is 64.8 Å². The van der Waals surface area contributed by atoms with Crippen molar-refractivity contribution in [1.29, 1.82) is 0 Å². The highest BCUT2D eigenvalue weighted by molar-refractivity contribution is 5.77. The van der Waals surface area contributed by atoms with E-state index in [-0.39, 0.29) is 5.91 Å². The van der Waals surface area contributed by atoms with Gasteiger partial charge in [-0.1, -0.05) is 26.2 Å². The van der Waals surface area contributed by atoms with Crippen LogP contribution in [0.1, 0.15) is 59.3 Å². The number of hydrogen-bond acceptors (Lipinski definition) is 2. The van der Waals surface area contributed by atoms with Gasteiger partial charge in [0.15, 0.2) is 0 Å². The summed E-state index contributed by atoms with van der Waals surface area (Å²) in [6, 6.07) is 0. The summed E-state index contributed by atoms with van der Waals surface area (Å²) in [6.07, 6.45) is 6.92. The van der Waals surface area contributed by atoms with Crippen LogP contribution in [0.3, 0.4) is 0 Å². The topological polar surface area (TPSA) is 55.1 Å². The van der Waals surface area contributed by atoms with Crippen molar-refractivity contribution in [1.82, 2.24) is 5.32 Å². The van der Waals surface area contributed by atoms with Crippen molar-refractivity contribution in [2.24, 2.45) is 17.6 Å². The zero-order chi connectivity index (χ0) is 12.9. The van der Waals surface area contributed by atoms with Crippen LogP contribution in [-0.2, 0) is 4.79 Å². The monoisotopic (exact) mass is 240 g/mol. The van der Waals surface area contributed by atoms with Crippen LogP contribution in [0, 0.1) is 11.8 Å². The number of amides is 1. The molecule has 3 N–H and O–H groups in total. The van der Waals surface area contributed by atoms with Crippen LogP contribution in [-0.4, -0.2) is 18.0 Å². The largest absolute Gasteiger partial charge is 0.356 e. The lowest BCUT2D eigenvalue weighted by atomic mass is 9.81. The molecule has 3 nitrogen and oxygen atoms in total. The third-order valence-electron chi connectivity index (χ3n) is 3.75. The molecule has 0 aliphatic heterocycles. The molecule has 100 valence electrons. The number of hydrogen-bond donors (Lipinski definition) is 2. The summed E-state index contributed by atoms with van der Waals surface area (Å²) in [5.74, 6) is 1.70. The Kier molecular flexibility index (Phi) is 5.44. The molecule has 1 rings (SSSR count). The number of carbonyl (C=O) groups is 1. The lowest BCUT2D eigenvalue weighted by Gasteiger charge is -2.28. The van der Waals surface area contributed by atoms with Gasteiger partial charge < -0.3 is 11.1 Å². The van der Waals surface area contributed by atoms with E-state index in [0.29, 0.717) is 12.3 Å². The first-order valence-electron chi connectivity index (χ1n) is 6.96. The number of nitrogens with one attached hydrogen (secondary N) is 1. The molecule has 0 aromatic rings. The van der Waals surface area contributed by atoms with Gasteiger partial charge in [0.2, 0.25) is 5.91 Å². The Morgan fingerprint density at radius 3 is 2.24 bits per heavy atom. The van der Waals surface area contributed by atoms with Crippen molar-refractivity contribution in [2.75, 3.05) is 6.54 Å². The van der Waals surface area contributed by atoms with E-state index in [9.17, 15) is 4.79 Å². The Balaban J connectivity index is 2.17. The van der Waals surface area contributed by atoms with Crippen LogP contribution in [0.15, 0.2) is 0 Å². The molecule has 0 unspecified atom stereocenters. The Labute approximate surface area is 106 Å². The van der Waals surface area contributed by atoms with Crippen molar-refractivity contribution < 1.29 is 4.79 Å². The number of rotatable bonds is 5. The van der Waals surface area contributed by atoms with E-state index in [1.54, 1.807) is 0 Å². The molecule has 0 radical (unpaired) electrons. The second kappa shape index (κ2) is 6.39. The quantitative estimate of drug-likeness (QED) is 0.775.